The Hall–Kier alpha value is -0.810. The van der Waals surface area contributed by atoms with Crippen LogP contribution in [0.25, 0.3) is 0 Å². The first kappa shape index (κ1) is 9.73. The Morgan fingerprint density at radius 3 is 2.71 bits per heavy atom. The van der Waals surface area contributed by atoms with E-state index in [9.17, 15) is 4.79 Å². The molecule has 0 aromatic rings. The SMILES string of the molecule is CC1COC2(C[C@@H](C)N(C(=O)O)C2)O1. The summed E-state index contributed by atoms with van der Waals surface area (Å²) < 4.78 is 11.2. The third kappa shape index (κ3) is 1.46. The number of carbonyl (C=O) groups is 1. The highest BCUT2D eigenvalue weighted by atomic mass is 16.7. The minimum absolute atomic E-state index is 0.0298. The van der Waals surface area contributed by atoms with E-state index in [0.717, 1.165) is 0 Å². The Morgan fingerprint density at radius 1 is 1.57 bits per heavy atom. The summed E-state index contributed by atoms with van der Waals surface area (Å²) in [5, 5.41) is 8.91. The van der Waals surface area contributed by atoms with Crippen molar-refractivity contribution in [3.63, 3.8) is 0 Å². The van der Waals surface area contributed by atoms with E-state index >= 15 is 0 Å². The van der Waals surface area contributed by atoms with E-state index in [-0.39, 0.29) is 12.1 Å². The molecule has 1 spiro atoms. The molecule has 2 saturated heterocycles. The van der Waals surface area contributed by atoms with Crippen LogP contribution in [0.15, 0.2) is 0 Å². The number of ether oxygens (including phenoxy) is 2. The molecule has 2 aliphatic rings. The maximum Gasteiger partial charge on any atom is 0.407 e. The van der Waals surface area contributed by atoms with Crippen LogP contribution in [-0.2, 0) is 9.47 Å². The van der Waals surface area contributed by atoms with Crippen molar-refractivity contribution in [2.45, 2.75) is 38.2 Å². The van der Waals surface area contributed by atoms with Gasteiger partial charge in [-0.2, -0.15) is 0 Å². The van der Waals surface area contributed by atoms with E-state index in [0.29, 0.717) is 19.6 Å². The molecule has 3 atom stereocenters. The highest BCUT2D eigenvalue weighted by molar-refractivity contribution is 5.66. The Kier molecular flexibility index (Phi) is 2.16. The molecule has 0 aliphatic carbocycles. The van der Waals surface area contributed by atoms with Gasteiger partial charge in [-0.1, -0.05) is 0 Å². The highest BCUT2D eigenvalue weighted by Gasteiger charge is 2.50. The molecule has 5 nitrogen and oxygen atoms in total. The Morgan fingerprint density at radius 2 is 2.29 bits per heavy atom. The molecule has 2 aliphatic heterocycles. The number of hydrogen-bond donors (Lipinski definition) is 1. The Bertz CT molecular complexity index is 257. The van der Waals surface area contributed by atoms with Gasteiger partial charge in [-0.05, 0) is 13.8 Å². The first-order valence-corrected chi connectivity index (χ1v) is 4.84. The molecule has 0 bridgehead atoms. The molecule has 1 amide bonds. The number of amides is 1. The van der Waals surface area contributed by atoms with Gasteiger partial charge < -0.3 is 19.5 Å². The van der Waals surface area contributed by atoms with Crippen molar-refractivity contribution in [1.29, 1.82) is 0 Å². The largest absolute Gasteiger partial charge is 0.465 e. The molecule has 0 aromatic carbocycles. The number of hydrogen-bond acceptors (Lipinski definition) is 3. The second kappa shape index (κ2) is 3.10. The lowest BCUT2D eigenvalue weighted by atomic mass is 10.2. The number of carboxylic acid groups (broad SMARTS) is 1. The topological polar surface area (TPSA) is 59.0 Å². The van der Waals surface area contributed by atoms with E-state index in [1.54, 1.807) is 0 Å². The fourth-order valence-electron chi connectivity index (χ4n) is 2.19. The van der Waals surface area contributed by atoms with Gasteiger partial charge in [-0.15, -0.1) is 0 Å². The predicted molar refractivity (Wildman–Crippen MR) is 48.0 cm³/mol. The average Bonchev–Trinajstić information content (AvgIpc) is 2.57. The molecular weight excluding hydrogens is 186 g/mol. The van der Waals surface area contributed by atoms with Gasteiger partial charge in [-0.3, -0.25) is 0 Å². The molecule has 0 saturated carbocycles. The van der Waals surface area contributed by atoms with Crippen LogP contribution in [0.5, 0.6) is 0 Å². The summed E-state index contributed by atoms with van der Waals surface area (Å²) >= 11 is 0. The first-order chi connectivity index (χ1) is 6.52. The summed E-state index contributed by atoms with van der Waals surface area (Å²) in [7, 11) is 0. The maximum absolute atomic E-state index is 10.8. The third-order valence-electron chi connectivity index (χ3n) is 2.79. The smallest absolute Gasteiger partial charge is 0.407 e. The van der Waals surface area contributed by atoms with E-state index in [4.69, 9.17) is 14.6 Å². The van der Waals surface area contributed by atoms with Gasteiger partial charge in [0.05, 0.1) is 19.3 Å². The van der Waals surface area contributed by atoms with E-state index in [1.807, 2.05) is 13.8 Å². The molecule has 5 heteroatoms. The average molecular weight is 201 g/mol. The monoisotopic (exact) mass is 201 g/mol. The van der Waals surface area contributed by atoms with Gasteiger partial charge in [0.25, 0.3) is 0 Å². The zero-order chi connectivity index (χ0) is 10.3. The molecule has 2 unspecified atom stereocenters. The number of rotatable bonds is 0. The van der Waals surface area contributed by atoms with E-state index in [1.165, 1.54) is 4.90 Å². The van der Waals surface area contributed by atoms with Gasteiger partial charge in [0, 0.05) is 12.5 Å². The molecule has 0 aromatic heterocycles. The number of likely N-dealkylation sites (tertiary alicyclic amines) is 1. The fraction of sp³-hybridized carbons (Fsp3) is 0.889. The molecule has 2 fully saturated rings. The standard InChI is InChI=1S/C9H15NO4/c1-6-3-9(5-10(6)8(11)12)13-4-7(2)14-9/h6-7H,3-5H2,1-2H3,(H,11,12)/t6-,7?,9?/m1/s1. The van der Waals surface area contributed by atoms with Crippen LogP contribution in [0.4, 0.5) is 4.79 Å². The molecule has 2 rings (SSSR count). The van der Waals surface area contributed by atoms with Crippen molar-refractivity contribution < 1.29 is 19.4 Å². The van der Waals surface area contributed by atoms with Crippen molar-refractivity contribution in [2.75, 3.05) is 13.2 Å². The minimum Gasteiger partial charge on any atom is -0.465 e. The van der Waals surface area contributed by atoms with Gasteiger partial charge in [0.1, 0.15) is 0 Å². The van der Waals surface area contributed by atoms with Crippen molar-refractivity contribution >= 4 is 6.09 Å². The molecular formula is C9H15NO4. The first-order valence-electron chi connectivity index (χ1n) is 4.84. The summed E-state index contributed by atoms with van der Waals surface area (Å²) in [5.41, 5.74) is 0. The summed E-state index contributed by atoms with van der Waals surface area (Å²) in [4.78, 5) is 12.2. The zero-order valence-corrected chi connectivity index (χ0v) is 8.40. The van der Waals surface area contributed by atoms with Crippen LogP contribution in [0, 0.1) is 0 Å². The van der Waals surface area contributed by atoms with Crippen LogP contribution >= 0.6 is 0 Å². The number of nitrogens with zero attached hydrogens (tertiary/aromatic N) is 1. The maximum atomic E-state index is 10.8. The molecule has 1 N–H and O–H groups in total. The van der Waals surface area contributed by atoms with Crippen LogP contribution < -0.4 is 0 Å². The van der Waals surface area contributed by atoms with Crippen molar-refractivity contribution in [3.8, 4) is 0 Å². The van der Waals surface area contributed by atoms with Crippen molar-refractivity contribution in [3.05, 3.63) is 0 Å². The summed E-state index contributed by atoms with van der Waals surface area (Å²) in [6.07, 6.45) is -0.207. The minimum atomic E-state index is -0.902. The van der Waals surface area contributed by atoms with Crippen LogP contribution in [-0.4, -0.2) is 47.2 Å². The van der Waals surface area contributed by atoms with E-state index in [2.05, 4.69) is 0 Å². The Balaban J connectivity index is 2.09. The van der Waals surface area contributed by atoms with Gasteiger partial charge in [-0.25, -0.2) is 4.79 Å². The van der Waals surface area contributed by atoms with Crippen LogP contribution in [0.1, 0.15) is 20.3 Å². The molecule has 0 radical (unpaired) electrons. The fourth-order valence-corrected chi connectivity index (χ4v) is 2.19. The van der Waals surface area contributed by atoms with Gasteiger partial charge >= 0.3 is 6.09 Å². The van der Waals surface area contributed by atoms with Crippen LogP contribution in [0.2, 0.25) is 0 Å². The second-order valence-electron chi connectivity index (χ2n) is 4.11. The normalized spacial score (nSPS) is 42.3. The lowest BCUT2D eigenvalue weighted by Crippen LogP contribution is -2.37. The predicted octanol–water partition coefficient (Wildman–Crippen LogP) is 0.890. The lowest BCUT2D eigenvalue weighted by Gasteiger charge is -2.21. The van der Waals surface area contributed by atoms with Crippen molar-refractivity contribution in [1.82, 2.24) is 4.90 Å². The van der Waals surface area contributed by atoms with Gasteiger partial charge in [0.15, 0.2) is 5.79 Å². The summed E-state index contributed by atoms with van der Waals surface area (Å²) in [5.74, 6) is -0.669. The van der Waals surface area contributed by atoms with Crippen molar-refractivity contribution in [2.24, 2.45) is 0 Å². The quantitative estimate of drug-likeness (QED) is 0.632. The lowest BCUT2D eigenvalue weighted by molar-refractivity contribution is -0.154. The molecule has 2 heterocycles. The van der Waals surface area contributed by atoms with E-state index < -0.39 is 11.9 Å². The summed E-state index contributed by atoms with van der Waals surface area (Å²) in [6.45, 7) is 4.69. The zero-order valence-electron chi connectivity index (χ0n) is 8.40. The molecule has 14 heavy (non-hydrogen) atoms. The van der Waals surface area contributed by atoms with Crippen LogP contribution in [0.3, 0.4) is 0 Å². The highest BCUT2D eigenvalue weighted by Crippen LogP contribution is 2.36. The molecule has 80 valence electrons. The second-order valence-corrected chi connectivity index (χ2v) is 4.11. The Labute approximate surface area is 82.6 Å². The summed E-state index contributed by atoms with van der Waals surface area (Å²) in [6, 6.07) is -0.0298. The third-order valence-corrected chi connectivity index (χ3v) is 2.79. The van der Waals surface area contributed by atoms with Gasteiger partial charge in [0.2, 0.25) is 0 Å².